The number of urea groups is 1. The Morgan fingerprint density at radius 1 is 1.29 bits per heavy atom. The topological polar surface area (TPSA) is 82.7 Å². The van der Waals surface area contributed by atoms with Gasteiger partial charge in [0, 0.05) is 17.3 Å². The number of fused-ring (bicyclic) bond motifs is 2. The number of nitrogens with zero attached hydrogens (tertiary/aromatic N) is 2. The van der Waals surface area contributed by atoms with Crippen molar-refractivity contribution in [3.8, 4) is 0 Å². The van der Waals surface area contributed by atoms with Crippen LogP contribution in [0.25, 0.3) is 21.3 Å². The highest BCUT2D eigenvalue weighted by molar-refractivity contribution is 7.18. The molecule has 0 spiro atoms. The van der Waals surface area contributed by atoms with E-state index in [1.165, 1.54) is 6.07 Å². The molecule has 0 fully saturated rings. The van der Waals surface area contributed by atoms with Gasteiger partial charge in [0.2, 0.25) is 0 Å². The maximum atomic E-state index is 13.3. The zero-order valence-corrected chi connectivity index (χ0v) is 13.4. The van der Waals surface area contributed by atoms with Crippen LogP contribution in [0.2, 0.25) is 0 Å². The number of amides is 2. The van der Waals surface area contributed by atoms with E-state index in [0.717, 1.165) is 21.4 Å². The highest BCUT2D eigenvalue weighted by atomic mass is 32.1. The number of benzene rings is 1. The Bertz CT molecular complexity index is 1070. The smallest absolute Gasteiger partial charge is 0.323 e. The van der Waals surface area contributed by atoms with Crippen LogP contribution in [0.4, 0.5) is 20.6 Å². The van der Waals surface area contributed by atoms with Crippen LogP contribution in [0.15, 0.2) is 36.7 Å². The van der Waals surface area contributed by atoms with Gasteiger partial charge in [-0.2, -0.15) is 0 Å². The lowest BCUT2D eigenvalue weighted by atomic mass is 10.3. The summed E-state index contributed by atoms with van der Waals surface area (Å²) in [7, 11) is 0. The van der Waals surface area contributed by atoms with Crippen molar-refractivity contribution in [1.29, 1.82) is 0 Å². The SMILES string of the molecule is Cc1nc2cc(NC(=O)Nc3c[nH]c4ncc(F)cc34)ccc2s1. The van der Waals surface area contributed by atoms with E-state index in [1.54, 1.807) is 17.5 Å². The molecule has 1 aromatic carbocycles. The molecule has 0 bridgehead atoms. The number of carbonyl (C=O) groups excluding carboxylic acids is 1. The van der Waals surface area contributed by atoms with Crippen molar-refractivity contribution in [3.05, 3.63) is 47.5 Å². The number of anilines is 2. The second-order valence-electron chi connectivity index (χ2n) is 5.25. The number of aromatic nitrogens is 3. The number of halogens is 1. The maximum Gasteiger partial charge on any atom is 0.323 e. The van der Waals surface area contributed by atoms with Gasteiger partial charge in [-0.3, -0.25) is 0 Å². The first kappa shape index (κ1) is 14.6. The molecule has 4 aromatic rings. The van der Waals surface area contributed by atoms with Crippen molar-refractivity contribution in [2.45, 2.75) is 6.92 Å². The highest BCUT2D eigenvalue weighted by Crippen LogP contribution is 2.25. The number of thiazole rings is 1. The van der Waals surface area contributed by atoms with Crippen LogP contribution in [0, 0.1) is 12.7 Å². The number of aryl methyl sites for hydroxylation is 1. The Labute approximate surface area is 139 Å². The molecule has 24 heavy (non-hydrogen) atoms. The largest absolute Gasteiger partial charge is 0.344 e. The number of hydrogen-bond acceptors (Lipinski definition) is 4. The van der Waals surface area contributed by atoms with Crippen molar-refractivity contribution in [3.63, 3.8) is 0 Å². The fourth-order valence-electron chi connectivity index (χ4n) is 2.49. The molecule has 3 N–H and O–H groups in total. The number of rotatable bonds is 2. The lowest BCUT2D eigenvalue weighted by Crippen LogP contribution is -2.19. The van der Waals surface area contributed by atoms with Gasteiger partial charge in [-0.05, 0) is 31.2 Å². The minimum absolute atomic E-state index is 0.425. The summed E-state index contributed by atoms with van der Waals surface area (Å²) in [5.41, 5.74) is 2.44. The first-order chi connectivity index (χ1) is 11.6. The van der Waals surface area contributed by atoms with Crippen LogP contribution in [0.3, 0.4) is 0 Å². The van der Waals surface area contributed by atoms with E-state index in [-0.39, 0.29) is 0 Å². The summed E-state index contributed by atoms with van der Waals surface area (Å²) < 4.78 is 14.4. The van der Waals surface area contributed by atoms with Gasteiger partial charge < -0.3 is 15.6 Å². The van der Waals surface area contributed by atoms with Crippen LogP contribution >= 0.6 is 11.3 Å². The van der Waals surface area contributed by atoms with E-state index in [2.05, 4.69) is 25.6 Å². The van der Waals surface area contributed by atoms with E-state index < -0.39 is 11.8 Å². The van der Waals surface area contributed by atoms with E-state index in [1.807, 2.05) is 25.1 Å². The summed E-state index contributed by atoms with van der Waals surface area (Å²) in [5.74, 6) is -0.463. The van der Waals surface area contributed by atoms with Crippen molar-refractivity contribution in [1.82, 2.24) is 15.0 Å². The summed E-state index contributed by atoms with van der Waals surface area (Å²) in [6.45, 7) is 1.94. The molecule has 8 heteroatoms. The molecule has 0 aliphatic rings. The first-order valence-electron chi connectivity index (χ1n) is 7.16. The first-order valence-corrected chi connectivity index (χ1v) is 7.98. The number of aromatic amines is 1. The zero-order valence-electron chi connectivity index (χ0n) is 12.6. The molecule has 0 unspecified atom stereocenters. The van der Waals surface area contributed by atoms with Gasteiger partial charge in [0.1, 0.15) is 11.5 Å². The molecule has 3 heterocycles. The fourth-order valence-corrected chi connectivity index (χ4v) is 3.29. The molecule has 120 valence electrons. The molecule has 0 aliphatic heterocycles. The minimum atomic E-state index is -0.463. The summed E-state index contributed by atoms with van der Waals surface area (Å²) >= 11 is 1.60. The molecule has 2 amide bonds. The third kappa shape index (κ3) is 2.67. The Morgan fingerprint density at radius 2 is 2.17 bits per heavy atom. The Balaban J connectivity index is 1.55. The standard InChI is InChI=1S/C16H12FN5OS/c1-8-20-12-5-10(2-3-14(12)24-8)21-16(23)22-13-7-19-15-11(13)4-9(17)6-18-15/h2-7H,1H3,(H,18,19)(H2,21,22,23). The average molecular weight is 341 g/mol. The Hall–Kier alpha value is -3.00. The van der Waals surface area contributed by atoms with Gasteiger partial charge in [0.15, 0.2) is 0 Å². The van der Waals surface area contributed by atoms with Gasteiger partial charge in [-0.15, -0.1) is 11.3 Å². The summed E-state index contributed by atoms with van der Waals surface area (Å²) in [5, 5.41) is 6.92. The van der Waals surface area contributed by atoms with Gasteiger partial charge in [0.05, 0.1) is 27.1 Å². The zero-order chi connectivity index (χ0) is 16.7. The molecule has 0 radical (unpaired) electrons. The Kier molecular flexibility index (Phi) is 3.39. The molecule has 6 nitrogen and oxygen atoms in total. The van der Waals surface area contributed by atoms with Crippen molar-refractivity contribution < 1.29 is 9.18 Å². The predicted molar refractivity (Wildman–Crippen MR) is 93.1 cm³/mol. The lowest BCUT2D eigenvalue weighted by molar-refractivity contribution is 0.262. The normalized spacial score (nSPS) is 11.1. The average Bonchev–Trinajstić information content (AvgIpc) is 3.09. The van der Waals surface area contributed by atoms with E-state index in [4.69, 9.17) is 0 Å². The molecule has 4 rings (SSSR count). The number of hydrogen-bond donors (Lipinski definition) is 3. The second kappa shape index (κ2) is 5.57. The highest BCUT2D eigenvalue weighted by Gasteiger charge is 2.10. The predicted octanol–water partition coefficient (Wildman–Crippen LogP) is 4.26. The van der Waals surface area contributed by atoms with Gasteiger partial charge in [-0.1, -0.05) is 0 Å². The maximum absolute atomic E-state index is 13.3. The van der Waals surface area contributed by atoms with Crippen LogP contribution in [0.1, 0.15) is 5.01 Å². The van der Waals surface area contributed by atoms with Crippen molar-refractivity contribution >= 4 is 50.0 Å². The van der Waals surface area contributed by atoms with Gasteiger partial charge in [-0.25, -0.2) is 19.2 Å². The summed E-state index contributed by atoms with van der Waals surface area (Å²) in [6.07, 6.45) is 2.69. The molecule has 0 aliphatic carbocycles. The molecule has 3 aromatic heterocycles. The summed E-state index contributed by atoms with van der Waals surface area (Å²) in [6, 6.07) is 6.44. The third-order valence-electron chi connectivity index (χ3n) is 3.50. The van der Waals surface area contributed by atoms with E-state index in [0.29, 0.717) is 22.4 Å². The van der Waals surface area contributed by atoms with Crippen LogP contribution in [0.5, 0.6) is 0 Å². The molecule has 0 saturated heterocycles. The number of carbonyl (C=O) groups is 1. The van der Waals surface area contributed by atoms with Crippen LogP contribution in [-0.4, -0.2) is 21.0 Å². The van der Waals surface area contributed by atoms with Crippen LogP contribution in [-0.2, 0) is 0 Å². The number of pyridine rings is 1. The fraction of sp³-hybridized carbons (Fsp3) is 0.0625. The second-order valence-corrected chi connectivity index (χ2v) is 6.48. The van der Waals surface area contributed by atoms with Crippen molar-refractivity contribution in [2.24, 2.45) is 0 Å². The van der Waals surface area contributed by atoms with E-state index in [9.17, 15) is 9.18 Å². The van der Waals surface area contributed by atoms with Gasteiger partial charge >= 0.3 is 6.03 Å². The van der Waals surface area contributed by atoms with Crippen molar-refractivity contribution in [2.75, 3.05) is 10.6 Å². The third-order valence-corrected chi connectivity index (χ3v) is 4.45. The molecule has 0 atom stereocenters. The number of H-pyrrole nitrogens is 1. The molecular weight excluding hydrogens is 329 g/mol. The quantitative estimate of drug-likeness (QED) is 0.509. The summed E-state index contributed by atoms with van der Waals surface area (Å²) in [4.78, 5) is 23.4. The van der Waals surface area contributed by atoms with E-state index >= 15 is 0 Å². The molecule has 0 saturated carbocycles. The number of nitrogens with one attached hydrogen (secondary N) is 3. The lowest BCUT2D eigenvalue weighted by Gasteiger charge is -2.06. The molecular formula is C16H12FN5OS. The van der Waals surface area contributed by atoms with Gasteiger partial charge in [0.25, 0.3) is 0 Å². The van der Waals surface area contributed by atoms with Crippen LogP contribution < -0.4 is 10.6 Å². The minimum Gasteiger partial charge on any atom is -0.344 e. The monoisotopic (exact) mass is 341 g/mol. The Morgan fingerprint density at radius 3 is 3.04 bits per heavy atom.